The molecule has 2 aromatic carbocycles. The van der Waals surface area contributed by atoms with Gasteiger partial charge in [-0.1, -0.05) is 22.0 Å². The van der Waals surface area contributed by atoms with Gasteiger partial charge >= 0.3 is 0 Å². The lowest BCUT2D eigenvalue weighted by atomic mass is 10.1. The summed E-state index contributed by atoms with van der Waals surface area (Å²) in [5.41, 5.74) is 0.656. The predicted molar refractivity (Wildman–Crippen MR) is 74.2 cm³/mol. The normalized spacial score (nSPS) is 12.2. The minimum absolute atomic E-state index is 0.136. The summed E-state index contributed by atoms with van der Waals surface area (Å²) in [5.74, 6) is -1.08. The molecule has 0 radical (unpaired) electrons. The van der Waals surface area contributed by atoms with E-state index in [1.165, 1.54) is 18.2 Å². The Morgan fingerprint density at radius 1 is 1.11 bits per heavy atom. The van der Waals surface area contributed by atoms with Gasteiger partial charge in [0.05, 0.1) is 11.7 Å². The molecule has 0 aliphatic rings. The van der Waals surface area contributed by atoms with E-state index in [-0.39, 0.29) is 5.75 Å². The topological polar surface area (TPSA) is 32.3 Å². The number of aromatic hydroxyl groups is 1. The second-order valence-electron chi connectivity index (χ2n) is 4.20. The summed E-state index contributed by atoms with van der Waals surface area (Å²) in [7, 11) is 0. The van der Waals surface area contributed by atoms with Crippen LogP contribution in [0.25, 0.3) is 0 Å². The first-order chi connectivity index (χ1) is 8.97. The molecule has 0 aliphatic heterocycles. The van der Waals surface area contributed by atoms with E-state index in [2.05, 4.69) is 21.2 Å². The Kier molecular flexibility index (Phi) is 4.04. The Labute approximate surface area is 118 Å². The molecule has 0 saturated heterocycles. The Bertz CT molecular complexity index is 604. The largest absolute Gasteiger partial charge is 0.508 e. The summed E-state index contributed by atoms with van der Waals surface area (Å²) in [6.07, 6.45) is 0. The van der Waals surface area contributed by atoms with Crippen LogP contribution in [0.5, 0.6) is 5.75 Å². The highest BCUT2D eigenvalue weighted by Gasteiger charge is 2.13. The molecular weight excluding hydrogens is 316 g/mol. The number of phenols is 1. The van der Waals surface area contributed by atoms with Crippen LogP contribution in [0.3, 0.4) is 0 Å². The highest BCUT2D eigenvalue weighted by Crippen LogP contribution is 2.26. The summed E-state index contributed by atoms with van der Waals surface area (Å²) >= 11 is 3.17. The maximum absolute atomic E-state index is 13.7. The van der Waals surface area contributed by atoms with Crippen LogP contribution in [-0.2, 0) is 0 Å². The van der Waals surface area contributed by atoms with Crippen LogP contribution in [0.15, 0.2) is 40.9 Å². The smallest absolute Gasteiger partial charge is 0.147 e. The first-order valence-electron chi connectivity index (χ1n) is 5.67. The van der Waals surface area contributed by atoms with Crippen LogP contribution in [-0.4, -0.2) is 5.11 Å². The summed E-state index contributed by atoms with van der Waals surface area (Å²) < 4.78 is 28.0. The number of benzene rings is 2. The van der Waals surface area contributed by atoms with Gasteiger partial charge in [0.2, 0.25) is 0 Å². The van der Waals surface area contributed by atoms with Crippen molar-refractivity contribution in [2.24, 2.45) is 0 Å². The number of phenolic OH excluding ortho intramolecular Hbond substituents is 1. The fourth-order valence-corrected chi connectivity index (χ4v) is 2.12. The van der Waals surface area contributed by atoms with Crippen molar-refractivity contribution in [3.05, 3.63) is 58.1 Å². The molecule has 0 aromatic heterocycles. The third-order valence-corrected chi connectivity index (χ3v) is 3.25. The van der Waals surface area contributed by atoms with Crippen molar-refractivity contribution in [1.82, 2.24) is 0 Å². The zero-order chi connectivity index (χ0) is 14.0. The molecule has 2 aromatic rings. The van der Waals surface area contributed by atoms with Crippen LogP contribution in [0, 0.1) is 11.6 Å². The van der Waals surface area contributed by atoms with Gasteiger partial charge in [-0.3, -0.25) is 0 Å². The average molecular weight is 328 g/mol. The number of hydrogen-bond donors (Lipinski definition) is 2. The zero-order valence-corrected chi connectivity index (χ0v) is 11.7. The third-order valence-electron chi connectivity index (χ3n) is 2.75. The van der Waals surface area contributed by atoms with E-state index < -0.39 is 17.7 Å². The average Bonchev–Trinajstić information content (AvgIpc) is 2.32. The number of anilines is 1. The SMILES string of the molecule is CC(Nc1ccc(Br)cc1F)c1ccc(O)cc1F. The molecule has 0 aliphatic carbocycles. The number of rotatable bonds is 3. The standard InChI is InChI=1S/C14H12BrF2NO/c1-8(11-4-3-10(19)7-12(11)16)18-14-5-2-9(15)6-13(14)17/h2-8,18-19H,1H3. The Balaban J connectivity index is 2.23. The second-order valence-corrected chi connectivity index (χ2v) is 5.11. The van der Waals surface area contributed by atoms with E-state index in [0.29, 0.717) is 15.7 Å². The molecule has 1 atom stereocenters. The molecule has 19 heavy (non-hydrogen) atoms. The van der Waals surface area contributed by atoms with Gasteiger partial charge in [0.25, 0.3) is 0 Å². The van der Waals surface area contributed by atoms with Gasteiger partial charge in [0.15, 0.2) is 0 Å². The van der Waals surface area contributed by atoms with Gasteiger partial charge in [-0.05, 0) is 31.2 Å². The molecule has 0 amide bonds. The minimum Gasteiger partial charge on any atom is -0.508 e. The quantitative estimate of drug-likeness (QED) is 0.863. The molecule has 0 fully saturated rings. The first kappa shape index (κ1) is 13.8. The van der Waals surface area contributed by atoms with Gasteiger partial charge in [-0.2, -0.15) is 0 Å². The monoisotopic (exact) mass is 327 g/mol. The maximum Gasteiger partial charge on any atom is 0.147 e. The van der Waals surface area contributed by atoms with Gasteiger partial charge in [-0.25, -0.2) is 8.78 Å². The molecule has 0 heterocycles. The molecular formula is C14H12BrF2NO. The second kappa shape index (κ2) is 5.57. The minimum atomic E-state index is -0.530. The van der Waals surface area contributed by atoms with Crippen molar-refractivity contribution in [2.75, 3.05) is 5.32 Å². The number of halogens is 3. The Hall–Kier alpha value is -1.62. The Morgan fingerprint density at radius 2 is 1.84 bits per heavy atom. The molecule has 0 saturated carbocycles. The van der Waals surface area contributed by atoms with Crippen molar-refractivity contribution in [2.45, 2.75) is 13.0 Å². The summed E-state index contributed by atoms with van der Waals surface area (Å²) in [4.78, 5) is 0. The first-order valence-corrected chi connectivity index (χ1v) is 6.46. The summed E-state index contributed by atoms with van der Waals surface area (Å²) in [5, 5.41) is 12.1. The molecule has 5 heteroatoms. The molecule has 2 N–H and O–H groups in total. The molecule has 2 rings (SSSR count). The molecule has 0 spiro atoms. The summed E-state index contributed by atoms with van der Waals surface area (Å²) in [6, 6.07) is 8.09. The van der Waals surface area contributed by atoms with E-state index in [0.717, 1.165) is 6.07 Å². The van der Waals surface area contributed by atoms with Crippen LogP contribution in [0.2, 0.25) is 0 Å². The summed E-state index contributed by atoms with van der Waals surface area (Å²) in [6.45, 7) is 1.72. The van der Waals surface area contributed by atoms with Gasteiger partial charge in [0, 0.05) is 16.1 Å². The van der Waals surface area contributed by atoms with Crippen LogP contribution >= 0.6 is 15.9 Å². The number of hydrogen-bond acceptors (Lipinski definition) is 2. The Morgan fingerprint density at radius 3 is 2.47 bits per heavy atom. The van der Waals surface area contributed by atoms with Crippen LogP contribution in [0.4, 0.5) is 14.5 Å². The van der Waals surface area contributed by atoms with E-state index >= 15 is 0 Å². The number of nitrogens with one attached hydrogen (secondary N) is 1. The van der Waals surface area contributed by atoms with Crippen molar-refractivity contribution in [3.63, 3.8) is 0 Å². The molecule has 100 valence electrons. The van der Waals surface area contributed by atoms with Crippen molar-refractivity contribution >= 4 is 21.6 Å². The van der Waals surface area contributed by atoms with Crippen molar-refractivity contribution < 1.29 is 13.9 Å². The fraction of sp³-hybridized carbons (Fsp3) is 0.143. The maximum atomic E-state index is 13.7. The van der Waals surface area contributed by atoms with Crippen LogP contribution in [0.1, 0.15) is 18.5 Å². The lowest BCUT2D eigenvalue weighted by molar-refractivity contribution is 0.467. The molecule has 0 bridgehead atoms. The van der Waals surface area contributed by atoms with Crippen molar-refractivity contribution in [3.8, 4) is 5.75 Å². The third kappa shape index (κ3) is 3.23. The fourth-order valence-electron chi connectivity index (χ4n) is 1.78. The van der Waals surface area contributed by atoms with Gasteiger partial charge < -0.3 is 10.4 Å². The highest BCUT2D eigenvalue weighted by atomic mass is 79.9. The van der Waals surface area contributed by atoms with E-state index in [1.54, 1.807) is 19.1 Å². The highest BCUT2D eigenvalue weighted by molar-refractivity contribution is 9.10. The van der Waals surface area contributed by atoms with E-state index in [1.807, 2.05) is 0 Å². The van der Waals surface area contributed by atoms with Gasteiger partial charge in [0.1, 0.15) is 17.4 Å². The van der Waals surface area contributed by atoms with Crippen LogP contribution < -0.4 is 5.32 Å². The predicted octanol–water partition coefficient (Wildman–Crippen LogP) is 4.61. The molecule has 2 nitrogen and oxygen atoms in total. The van der Waals surface area contributed by atoms with Gasteiger partial charge in [-0.15, -0.1) is 0 Å². The lowest BCUT2D eigenvalue weighted by Crippen LogP contribution is -2.09. The van der Waals surface area contributed by atoms with E-state index in [9.17, 15) is 8.78 Å². The molecule has 1 unspecified atom stereocenters. The van der Waals surface area contributed by atoms with E-state index in [4.69, 9.17) is 5.11 Å². The van der Waals surface area contributed by atoms with Crippen molar-refractivity contribution in [1.29, 1.82) is 0 Å². The lowest BCUT2D eigenvalue weighted by Gasteiger charge is -2.17. The zero-order valence-electron chi connectivity index (χ0n) is 10.1.